The van der Waals surface area contributed by atoms with Gasteiger partial charge in [-0.15, -0.1) is 6.58 Å². The number of ether oxygens (including phenoxy) is 4. The number of allylic oxidation sites excluding steroid dienone is 2. The lowest BCUT2D eigenvalue weighted by Gasteiger charge is -2.14. The minimum absolute atomic E-state index is 0.346. The lowest BCUT2D eigenvalue weighted by molar-refractivity contribution is 0.268. The summed E-state index contributed by atoms with van der Waals surface area (Å²) in [5.41, 5.74) is 4.28. The van der Waals surface area contributed by atoms with Gasteiger partial charge in [0, 0.05) is 6.54 Å². The van der Waals surface area contributed by atoms with Gasteiger partial charge in [0.1, 0.15) is 12.4 Å². The van der Waals surface area contributed by atoms with Crippen LogP contribution >= 0.6 is 0 Å². The first-order chi connectivity index (χ1) is 18.7. The predicted octanol–water partition coefficient (Wildman–Crippen LogP) is 7.25. The molecule has 0 spiro atoms. The first-order valence-corrected chi connectivity index (χ1v) is 12.9. The number of aryl methyl sites for hydroxylation is 1. The molecule has 0 fully saturated rings. The van der Waals surface area contributed by atoms with Crippen LogP contribution in [0.15, 0.2) is 79.4 Å². The molecule has 6 nitrogen and oxygen atoms in total. The van der Waals surface area contributed by atoms with Gasteiger partial charge in [0.2, 0.25) is 0 Å². The van der Waals surface area contributed by atoms with E-state index in [0.717, 1.165) is 65.3 Å². The largest absolute Gasteiger partial charge is 0.493 e. The van der Waals surface area contributed by atoms with E-state index in [0.29, 0.717) is 24.7 Å². The number of hydrogen-bond acceptors (Lipinski definition) is 5. The van der Waals surface area contributed by atoms with E-state index in [-0.39, 0.29) is 0 Å². The van der Waals surface area contributed by atoms with E-state index >= 15 is 0 Å². The lowest BCUT2D eigenvalue weighted by Crippen LogP contribution is -2.09. The molecule has 1 aromatic heterocycles. The highest BCUT2D eigenvalue weighted by atomic mass is 16.5. The number of para-hydroxylation sites is 2. The maximum absolute atomic E-state index is 6.18. The van der Waals surface area contributed by atoms with Crippen molar-refractivity contribution in [3.8, 4) is 23.0 Å². The van der Waals surface area contributed by atoms with Crippen molar-refractivity contribution in [3.63, 3.8) is 0 Å². The maximum atomic E-state index is 6.18. The van der Waals surface area contributed by atoms with Gasteiger partial charge in [-0.25, -0.2) is 4.98 Å². The third kappa shape index (κ3) is 6.57. The van der Waals surface area contributed by atoms with E-state index in [1.54, 1.807) is 14.2 Å². The fraction of sp³-hybridized carbons (Fsp3) is 0.281. The smallest absolute Gasteiger partial charge is 0.161 e. The predicted molar refractivity (Wildman–Crippen MR) is 153 cm³/mol. The molecule has 1 heterocycles. The van der Waals surface area contributed by atoms with Crippen LogP contribution < -0.4 is 18.9 Å². The molecule has 38 heavy (non-hydrogen) atoms. The summed E-state index contributed by atoms with van der Waals surface area (Å²) in [7, 11) is 3.32. The van der Waals surface area contributed by atoms with Crippen molar-refractivity contribution in [2.24, 2.45) is 0 Å². The number of methoxy groups -OCH3 is 2. The summed E-state index contributed by atoms with van der Waals surface area (Å²) in [5, 5.41) is 0. The summed E-state index contributed by atoms with van der Waals surface area (Å²) in [6.45, 7) is 7.56. The van der Waals surface area contributed by atoms with Crippen LogP contribution in [0.1, 0.15) is 36.7 Å². The molecule has 0 radical (unpaired) electrons. The molecule has 3 aromatic carbocycles. The molecule has 198 valence electrons. The minimum atomic E-state index is 0.346. The molecule has 0 aliphatic heterocycles. The number of fused-ring (bicyclic) bond motifs is 1. The SMILES string of the molecule is C=CCc1ccc(OCCCCn2c(COc3ccc(/C=C\C)cc3OC)nc3ccccc32)c(OC)c1. The van der Waals surface area contributed by atoms with Crippen LogP contribution in [-0.2, 0) is 19.6 Å². The van der Waals surface area contributed by atoms with Crippen molar-refractivity contribution in [2.75, 3.05) is 20.8 Å². The molecule has 4 aromatic rings. The maximum Gasteiger partial charge on any atom is 0.161 e. The molecular formula is C32H36N2O4. The fourth-order valence-corrected chi connectivity index (χ4v) is 4.41. The fourth-order valence-electron chi connectivity index (χ4n) is 4.41. The third-order valence-electron chi connectivity index (χ3n) is 6.28. The summed E-state index contributed by atoms with van der Waals surface area (Å²) in [5.74, 6) is 3.79. The Labute approximate surface area is 225 Å². The molecule has 0 N–H and O–H groups in total. The quantitative estimate of drug-likeness (QED) is 0.132. The molecule has 6 heteroatoms. The van der Waals surface area contributed by atoms with Crippen molar-refractivity contribution >= 4 is 17.1 Å². The summed E-state index contributed by atoms with van der Waals surface area (Å²) >= 11 is 0. The summed E-state index contributed by atoms with van der Waals surface area (Å²) in [6.07, 6.45) is 8.54. The van der Waals surface area contributed by atoms with E-state index in [9.17, 15) is 0 Å². The second kappa shape index (κ2) is 13.4. The number of imidazole rings is 1. The molecular weight excluding hydrogens is 476 g/mol. The van der Waals surface area contributed by atoms with Gasteiger partial charge in [0.25, 0.3) is 0 Å². The average molecular weight is 513 g/mol. The lowest BCUT2D eigenvalue weighted by atomic mass is 10.1. The van der Waals surface area contributed by atoms with Gasteiger partial charge in [-0.1, -0.05) is 42.5 Å². The van der Waals surface area contributed by atoms with Crippen LogP contribution in [0, 0.1) is 0 Å². The molecule has 0 bridgehead atoms. The van der Waals surface area contributed by atoms with Gasteiger partial charge in [-0.05, 0) is 73.7 Å². The molecule has 0 aliphatic carbocycles. The van der Waals surface area contributed by atoms with E-state index in [1.807, 2.05) is 79.7 Å². The van der Waals surface area contributed by atoms with E-state index in [1.165, 1.54) is 0 Å². The zero-order chi connectivity index (χ0) is 26.7. The molecule has 0 atom stereocenters. The highest BCUT2D eigenvalue weighted by Crippen LogP contribution is 2.30. The number of aromatic nitrogens is 2. The van der Waals surface area contributed by atoms with Crippen LogP contribution in [0.25, 0.3) is 17.1 Å². The van der Waals surface area contributed by atoms with Crippen LogP contribution in [0.5, 0.6) is 23.0 Å². The monoisotopic (exact) mass is 512 g/mol. The molecule has 4 rings (SSSR count). The number of unbranched alkanes of at least 4 members (excludes halogenated alkanes) is 1. The van der Waals surface area contributed by atoms with Crippen molar-refractivity contribution in [3.05, 3.63) is 96.3 Å². The zero-order valence-electron chi connectivity index (χ0n) is 22.5. The molecule has 0 saturated carbocycles. The third-order valence-corrected chi connectivity index (χ3v) is 6.28. The number of rotatable bonds is 14. The van der Waals surface area contributed by atoms with Crippen LogP contribution in [0.3, 0.4) is 0 Å². The van der Waals surface area contributed by atoms with Crippen LogP contribution in [0.4, 0.5) is 0 Å². The number of benzene rings is 3. The number of hydrogen-bond donors (Lipinski definition) is 0. The summed E-state index contributed by atoms with van der Waals surface area (Å²) in [6, 6.07) is 20.1. The van der Waals surface area contributed by atoms with Gasteiger partial charge in [-0.2, -0.15) is 0 Å². The standard InChI is InChI=1S/C32H36N2O4/c1-5-11-24-15-17-28(30(21-24)35-3)37-20-10-9-19-34-27-14-8-7-13-26(27)33-32(34)23-38-29-18-16-25(12-6-2)22-31(29)36-4/h5-8,12-18,21-22H,1,9-11,19-20,23H2,2-4H3/b12-6-. The van der Waals surface area contributed by atoms with Gasteiger partial charge < -0.3 is 23.5 Å². The summed E-state index contributed by atoms with van der Waals surface area (Å²) in [4.78, 5) is 4.85. The molecule has 0 saturated heterocycles. The Hall–Kier alpha value is -4.19. The Morgan fingerprint density at radius 1 is 0.868 bits per heavy atom. The van der Waals surface area contributed by atoms with Gasteiger partial charge in [-0.3, -0.25) is 0 Å². The first kappa shape index (κ1) is 26.9. The second-order valence-corrected chi connectivity index (χ2v) is 8.90. The Kier molecular flexibility index (Phi) is 9.46. The second-order valence-electron chi connectivity index (χ2n) is 8.90. The normalized spacial score (nSPS) is 11.1. The topological polar surface area (TPSA) is 54.7 Å². The highest BCUT2D eigenvalue weighted by Gasteiger charge is 2.13. The van der Waals surface area contributed by atoms with Crippen molar-refractivity contribution in [1.29, 1.82) is 0 Å². The van der Waals surface area contributed by atoms with Crippen LogP contribution in [-0.4, -0.2) is 30.4 Å². The van der Waals surface area contributed by atoms with Gasteiger partial charge in [0.05, 0.1) is 31.9 Å². The molecule has 0 unspecified atom stereocenters. The van der Waals surface area contributed by atoms with Crippen LogP contribution in [0.2, 0.25) is 0 Å². The Bertz CT molecular complexity index is 1390. The molecule has 0 amide bonds. The first-order valence-electron chi connectivity index (χ1n) is 12.9. The van der Waals surface area contributed by atoms with E-state index in [4.69, 9.17) is 23.9 Å². The van der Waals surface area contributed by atoms with Crippen molar-refractivity contribution in [2.45, 2.75) is 39.3 Å². The van der Waals surface area contributed by atoms with E-state index in [2.05, 4.69) is 17.2 Å². The highest BCUT2D eigenvalue weighted by molar-refractivity contribution is 5.75. The van der Waals surface area contributed by atoms with Gasteiger partial charge in [0.15, 0.2) is 23.0 Å². The van der Waals surface area contributed by atoms with Crippen molar-refractivity contribution < 1.29 is 18.9 Å². The Morgan fingerprint density at radius 2 is 1.63 bits per heavy atom. The molecule has 0 aliphatic rings. The zero-order valence-corrected chi connectivity index (χ0v) is 22.5. The summed E-state index contributed by atoms with van der Waals surface area (Å²) < 4.78 is 25.5. The van der Waals surface area contributed by atoms with E-state index < -0.39 is 0 Å². The number of nitrogens with zero attached hydrogens (tertiary/aromatic N) is 2. The van der Waals surface area contributed by atoms with Gasteiger partial charge >= 0.3 is 0 Å². The van der Waals surface area contributed by atoms with Crippen molar-refractivity contribution in [1.82, 2.24) is 9.55 Å². The average Bonchev–Trinajstić information content (AvgIpc) is 3.30. The Morgan fingerprint density at radius 3 is 2.42 bits per heavy atom. The minimum Gasteiger partial charge on any atom is -0.493 e. The Balaban J connectivity index is 1.40.